The Morgan fingerprint density at radius 2 is 1.73 bits per heavy atom. The van der Waals surface area contributed by atoms with Gasteiger partial charge in [-0.3, -0.25) is 9.59 Å². The van der Waals surface area contributed by atoms with Gasteiger partial charge in [-0.15, -0.1) is 11.3 Å². The Labute approximate surface area is 235 Å². The van der Waals surface area contributed by atoms with Gasteiger partial charge in [0.05, 0.1) is 19.3 Å². The number of benzene rings is 2. The quantitative estimate of drug-likeness (QED) is 0.219. The summed E-state index contributed by atoms with van der Waals surface area (Å²) in [5, 5.41) is 18.9. The molecule has 4 aromatic rings. The highest BCUT2D eigenvalue weighted by molar-refractivity contribution is 7.14. The number of hydrogen-bond donors (Lipinski definition) is 4. The number of rotatable bonds is 10. The number of pyridine rings is 1. The van der Waals surface area contributed by atoms with Gasteiger partial charge < -0.3 is 25.8 Å². The van der Waals surface area contributed by atoms with Crippen LogP contribution in [0.2, 0.25) is 0 Å². The number of thiazole rings is 1. The van der Waals surface area contributed by atoms with E-state index in [2.05, 4.69) is 25.9 Å². The third-order valence-electron chi connectivity index (χ3n) is 6.18. The average Bonchev–Trinajstić information content (AvgIpc) is 3.43. The minimum absolute atomic E-state index is 0.189. The molecule has 3 amide bonds. The molecule has 2 heterocycles. The highest BCUT2D eigenvalue weighted by Crippen LogP contribution is 2.30. The van der Waals surface area contributed by atoms with Gasteiger partial charge in [0, 0.05) is 40.7 Å². The lowest BCUT2D eigenvalue weighted by molar-refractivity contribution is -0.115. The van der Waals surface area contributed by atoms with Crippen LogP contribution in [0.25, 0.3) is 22.4 Å². The number of carbonyl (C=O) groups excluding carboxylic acids is 2. The van der Waals surface area contributed by atoms with E-state index in [9.17, 15) is 14.4 Å². The number of methoxy groups -OCH3 is 1. The number of aromatic nitrogens is 2. The van der Waals surface area contributed by atoms with Crippen molar-refractivity contribution in [2.24, 2.45) is 0 Å². The van der Waals surface area contributed by atoms with Crippen LogP contribution in [0.1, 0.15) is 29.8 Å². The molecule has 2 aromatic carbocycles. The number of nitrogens with zero attached hydrogens (tertiary/aromatic N) is 2. The van der Waals surface area contributed by atoms with E-state index >= 15 is 0 Å². The van der Waals surface area contributed by atoms with Crippen LogP contribution in [0.5, 0.6) is 5.88 Å². The Balaban J connectivity index is 1.35. The van der Waals surface area contributed by atoms with Gasteiger partial charge in [0.2, 0.25) is 11.8 Å². The Morgan fingerprint density at radius 1 is 0.975 bits per heavy atom. The largest absolute Gasteiger partial charge is 0.481 e. The zero-order valence-corrected chi connectivity index (χ0v) is 23.0. The van der Waals surface area contributed by atoms with Crippen LogP contribution in [0.3, 0.4) is 0 Å². The molecule has 4 N–H and O–H groups in total. The maximum atomic E-state index is 12.7. The van der Waals surface area contributed by atoms with E-state index in [4.69, 9.17) is 9.84 Å². The van der Waals surface area contributed by atoms with Gasteiger partial charge in [0.15, 0.2) is 5.13 Å². The number of nitrogens with one attached hydrogen (secondary N) is 3. The van der Waals surface area contributed by atoms with Crippen LogP contribution in [0.15, 0.2) is 72.2 Å². The molecule has 11 heteroatoms. The second-order valence-corrected chi connectivity index (χ2v) is 10.4. The lowest BCUT2D eigenvalue weighted by Crippen LogP contribution is -2.36. The summed E-state index contributed by atoms with van der Waals surface area (Å²) in [6, 6.07) is 18.5. The molecule has 0 spiro atoms. The first-order valence-corrected chi connectivity index (χ1v) is 13.2. The van der Waals surface area contributed by atoms with E-state index in [1.165, 1.54) is 11.3 Å². The zero-order valence-electron chi connectivity index (χ0n) is 22.2. The molecule has 0 aliphatic rings. The molecular weight excluding hydrogens is 530 g/mol. The number of ether oxygens (including phenoxy) is 1. The Bertz CT molecular complexity index is 1530. The monoisotopic (exact) mass is 559 g/mol. The summed E-state index contributed by atoms with van der Waals surface area (Å²) in [4.78, 5) is 44.8. The van der Waals surface area contributed by atoms with E-state index in [-0.39, 0.29) is 13.1 Å². The van der Waals surface area contributed by atoms with Gasteiger partial charge in [0.25, 0.3) is 5.91 Å². The summed E-state index contributed by atoms with van der Waals surface area (Å²) >= 11 is 1.29. The minimum Gasteiger partial charge on any atom is -0.481 e. The highest BCUT2D eigenvalue weighted by atomic mass is 32.1. The maximum absolute atomic E-state index is 12.7. The van der Waals surface area contributed by atoms with Crippen molar-refractivity contribution >= 4 is 34.4 Å². The molecule has 0 bridgehead atoms. The molecule has 10 nitrogen and oxygen atoms in total. The molecule has 0 saturated heterocycles. The first-order valence-electron chi connectivity index (χ1n) is 12.4. The fourth-order valence-electron chi connectivity index (χ4n) is 3.93. The van der Waals surface area contributed by atoms with E-state index < -0.39 is 23.3 Å². The van der Waals surface area contributed by atoms with Crippen LogP contribution >= 0.6 is 11.3 Å². The molecule has 4 rings (SSSR count). The number of anilines is 1. The van der Waals surface area contributed by atoms with Crippen LogP contribution in [0.4, 0.5) is 9.93 Å². The summed E-state index contributed by atoms with van der Waals surface area (Å²) < 4.78 is 5.22. The van der Waals surface area contributed by atoms with E-state index in [0.29, 0.717) is 22.3 Å². The third-order valence-corrected chi connectivity index (χ3v) is 6.94. The van der Waals surface area contributed by atoms with Crippen LogP contribution < -0.4 is 20.7 Å². The van der Waals surface area contributed by atoms with Crippen molar-refractivity contribution in [3.05, 3.63) is 83.4 Å². The SMILES string of the molecule is COc1cc(-c2cccc(-c3csc(NC(=O)CNC(=O)c4cccc(C(C)(C)CNC(=O)O)c4)n3)c2)ccn1. The summed E-state index contributed by atoms with van der Waals surface area (Å²) in [6.07, 6.45) is 0.577. The van der Waals surface area contributed by atoms with Crippen molar-refractivity contribution < 1.29 is 24.2 Å². The number of carbonyl (C=O) groups is 3. The molecule has 0 aliphatic heterocycles. The van der Waals surface area contributed by atoms with Crippen LogP contribution in [-0.4, -0.2) is 53.2 Å². The van der Waals surface area contributed by atoms with Crippen molar-refractivity contribution in [3.8, 4) is 28.3 Å². The van der Waals surface area contributed by atoms with Crippen molar-refractivity contribution in [2.45, 2.75) is 19.3 Å². The molecule has 0 fully saturated rings. The van der Waals surface area contributed by atoms with Gasteiger partial charge in [-0.05, 0) is 41.0 Å². The zero-order chi connectivity index (χ0) is 28.7. The van der Waals surface area contributed by atoms with Gasteiger partial charge >= 0.3 is 6.09 Å². The Hall–Kier alpha value is -4.77. The summed E-state index contributed by atoms with van der Waals surface area (Å²) in [5.41, 5.74) is 4.17. The Kier molecular flexibility index (Phi) is 8.75. The predicted octanol–water partition coefficient (Wildman–Crippen LogP) is 4.79. The first kappa shape index (κ1) is 28.2. The lowest BCUT2D eigenvalue weighted by atomic mass is 9.84. The van der Waals surface area contributed by atoms with Gasteiger partial charge in [0.1, 0.15) is 0 Å². The predicted molar refractivity (Wildman–Crippen MR) is 154 cm³/mol. The van der Waals surface area contributed by atoms with Gasteiger partial charge in [-0.2, -0.15) is 0 Å². The van der Waals surface area contributed by atoms with E-state index in [1.54, 1.807) is 31.5 Å². The lowest BCUT2D eigenvalue weighted by Gasteiger charge is -2.25. The van der Waals surface area contributed by atoms with Crippen molar-refractivity contribution in [1.29, 1.82) is 0 Å². The average molecular weight is 560 g/mol. The third kappa shape index (κ3) is 7.20. The van der Waals surface area contributed by atoms with E-state index in [1.807, 2.05) is 61.7 Å². The molecule has 40 heavy (non-hydrogen) atoms. The maximum Gasteiger partial charge on any atom is 0.404 e. The number of amides is 3. The van der Waals surface area contributed by atoms with E-state index in [0.717, 1.165) is 22.3 Å². The second-order valence-electron chi connectivity index (χ2n) is 9.56. The molecular formula is C29H29N5O5S. The summed E-state index contributed by atoms with van der Waals surface area (Å²) in [6.45, 7) is 3.71. The molecule has 0 radical (unpaired) electrons. The molecule has 0 unspecified atom stereocenters. The van der Waals surface area contributed by atoms with Crippen molar-refractivity contribution in [3.63, 3.8) is 0 Å². The van der Waals surface area contributed by atoms with Gasteiger partial charge in [-0.25, -0.2) is 14.8 Å². The smallest absolute Gasteiger partial charge is 0.404 e. The minimum atomic E-state index is -1.11. The summed E-state index contributed by atoms with van der Waals surface area (Å²) in [7, 11) is 1.57. The van der Waals surface area contributed by atoms with Crippen LogP contribution in [0, 0.1) is 0 Å². The normalized spacial score (nSPS) is 11.0. The molecule has 0 atom stereocenters. The van der Waals surface area contributed by atoms with Crippen molar-refractivity contribution in [1.82, 2.24) is 20.6 Å². The van der Waals surface area contributed by atoms with Gasteiger partial charge in [-0.1, -0.05) is 44.2 Å². The molecule has 2 aromatic heterocycles. The molecule has 0 saturated carbocycles. The highest BCUT2D eigenvalue weighted by Gasteiger charge is 2.22. The second kappa shape index (κ2) is 12.4. The number of carboxylic acid groups (broad SMARTS) is 1. The fourth-order valence-corrected chi connectivity index (χ4v) is 4.66. The van der Waals surface area contributed by atoms with Crippen molar-refractivity contribution in [2.75, 3.05) is 25.5 Å². The van der Waals surface area contributed by atoms with Crippen LogP contribution in [-0.2, 0) is 10.2 Å². The topological polar surface area (TPSA) is 143 Å². The Morgan fingerprint density at radius 3 is 2.50 bits per heavy atom. The molecule has 0 aliphatic carbocycles. The fraction of sp³-hybridized carbons (Fsp3) is 0.207. The summed E-state index contributed by atoms with van der Waals surface area (Å²) in [5.74, 6) is -0.296. The standard InChI is InChI=1S/C29H29N5O5S/c1-29(2,17-32-28(37)38)22-9-5-8-21(13-22)26(36)31-15-24(35)34-27-33-23(16-40-27)20-7-4-6-18(12-20)19-10-11-30-25(14-19)39-3/h4-14,16,32H,15,17H2,1-3H3,(H,31,36)(H,37,38)(H,33,34,35). The molecule has 206 valence electrons. The first-order chi connectivity index (χ1) is 19.1. The number of hydrogen-bond acceptors (Lipinski definition) is 7.